The predicted octanol–water partition coefficient (Wildman–Crippen LogP) is 0.333. The van der Waals surface area contributed by atoms with Crippen LogP contribution in [-0.4, -0.2) is 56.2 Å². The first-order valence-corrected chi connectivity index (χ1v) is 6.50. The smallest absolute Gasteiger partial charge is 0.413 e. The van der Waals surface area contributed by atoms with Crippen LogP contribution in [0.1, 0.15) is 26.2 Å². The molecule has 0 aromatic rings. The molecular weight excluding hydrogens is 234 g/mol. The number of nitrogens with one attached hydrogen (secondary N) is 2. The minimum atomic E-state index is -0.693. The number of hydrogen-bond donors (Lipinski definition) is 2. The number of nitrogens with zero attached hydrogens (tertiary/aromatic N) is 1. The summed E-state index contributed by atoms with van der Waals surface area (Å²) in [5.74, 6) is -0.297. The number of alkyl carbamates (subject to hydrolysis) is 1. The van der Waals surface area contributed by atoms with Crippen LogP contribution in [0.2, 0.25) is 0 Å². The first kappa shape index (κ1) is 14.9. The summed E-state index contributed by atoms with van der Waals surface area (Å²) in [4.78, 5) is 24.8. The van der Waals surface area contributed by atoms with Crippen molar-refractivity contribution < 1.29 is 14.3 Å². The molecule has 0 radical (unpaired) electrons. The molecule has 0 bridgehead atoms. The fraction of sp³-hybridized carbons (Fsp3) is 0.833. The van der Waals surface area contributed by atoms with Gasteiger partial charge in [0.2, 0.25) is 5.91 Å². The molecular formula is C12H23N3O3. The van der Waals surface area contributed by atoms with Gasteiger partial charge in [0.25, 0.3) is 0 Å². The Morgan fingerprint density at radius 3 is 2.61 bits per heavy atom. The minimum Gasteiger partial charge on any atom is -0.453 e. The van der Waals surface area contributed by atoms with Crippen LogP contribution in [-0.2, 0) is 9.53 Å². The molecule has 0 aliphatic carbocycles. The Morgan fingerprint density at radius 1 is 1.39 bits per heavy atom. The van der Waals surface area contributed by atoms with Gasteiger partial charge in [0, 0.05) is 6.04 Å². The van der Waals surface area contributed by atoms with Crippen LogP contribution < -0.4 is 10.6 Å². The minimum absolute atomic E-state index is 0.258. The maximum atomic E-state index is 11.7. The first-order chi connectivity index (χ1) is 8.67. The fourth-order valence-corrected chi connectivity index (χ4v) is 2.24. The highest BCUT2D eigenvalue weighted by molar-refractivity contribution is 5.92. The Labute approximate surface area is 108 Å². The summed E-state index contributed by atoms with van der Waals surface area (Å²) in [5.41, 5.74) is 0. The number of methoxy groups -OCH3 is 1. The molecule has 1 aliphatic heterocycles. The molecule has 0 atom stereocenters. The highest BCUT2D eigenvalue weighted by Gasteiger charge is 2.22. The van der Waals surface area contributed by atoms with Crippen molar-refractivity contribution in [3.8, 4) is 0 Å². The van der Waals surface area contributed by atoms with Crippen LogP contribution in [0.4, 0.5) is 4.79 Å². The summed E-state index contributed by atoms with van der Waals surface area (Å²) in [6.45, 7) is 5.20. The molecule has 2 N–H and O–H groups in total. The van der Waals surface area contributed by atoms with E-state index in [1.54, 1.807) is 0 Å². The third-order valence-corrected chi connectivity index (χ3v) is 3.11. The third-order valence-electron chi connectivity index (χ3n) is 3.11. The van der Waals surface area contributed by atoms with Gasteiger partial charge < -0.3 is 10.1 Å². The van der Waals surface area contributed by atoms with Crippen molar-refractivity contribution in [1.29, 1.82) is 0 Å². The lowest BCUT2D eigenvalue weighted by Gasteiger charge is -2.33. The topological polar surface area (TPSA) is 70.7 Å². The van der Waals surface area contributed by atoms with Crippen molar-refractivity contribution in [2.24, 2.45) is 0 Å². The molecule has 104 valence electrons. The van der Waals surface area contributed by atoms with Gasteiger partial charge in [-0.25, -0.2) is 4.79 Å². The van der Waals surface area contributed by atoms with E-state index in [-0.39, 0.29) is 12.5 Å². The molecule has 0 saturated carbocycles. The van der Waals surface area contributed by atoms with Gasteiger partial charge in [-0.2, -0.15) is 0 Å². The molecule has 6 heteroatoms. The molecule has 0 unspecified atom stereocenters. The zero-order valence-electron chi connectivity index (χ0n) is 11.2. The van der Waals surface area contributed by atoms with Crippen molar-refractivity contribution in [2.45, 2.75) is 32.2 Å². The second kappa shape index (κ2) is 8.05. The Bertz CT molecular complexity index is 278. The number of ether oxygens (including phenoxy) is 1. The zero-order chi connectivity index (χ0) is 13.4. The molecule has 1 fully saturated rings. The van der Waals surface area contributed by atoms with Crippen LogP contribution in [0.25, 0.3) is 0 Å². The number of piperidine rings is 1. The Hall–Kier alpha value is -1.14. The van der Waals surface area contributed by atoms with E-state index in [0.717, 1.165) is 38.9 Å². The third kappa shape index (κ3) is 5.01. The average Bonchev–Trinajstić information content (AvgIpc) is 2.39. The van der Waals surface area contributed by atoms with Crippen LogP contribution in [0, 0.1) is 0 Å². The molecule has 2 amide bonds. The lowest BCUT2D eigenvalue weighted by atomic mass is 10.0. The van der Waals surface area contributed by atoms with Crippen LogP contribution in [0.5, 0.6) is 0 Å². The number of amides is 2. The Morgan fingerprint density at radius 2 is 2.06 bits per heavy atom. The average molecular weight is 257 g/mol. The monoisotopic (exact) mass is 257 g/mol. The van der Waals surface area contributed by atoms with Crippen molar-refractivity contribution in [3.05, 3.63) is 0 Å². The van der Waals surface area contributed by atoms with Gasteiger partial charge in [0.05, 0.1) is 13.7 Å². The number of imide groups is 1. The first-order valence-electron chi connectivity index (χ1n) is 6.50. The molecule has 1 rings (SSSR count). The summed E-state index contributed by atoms with van der Waals surface area (Å²) in [6, 6.07) is 0.426. The highest BCUT2D eigenvalue weighted by atomic mass is 16.5. The molecule has 18 heavy (non-hydrogen) atoms. The van der Waals surface area contributed by atoms with Gasteiger partial charge in [0.15, 0.2) is 0 Å². The number of carbonyl (C=O) groups excluding carboxylic acids is 2. The highest BCUT2D eigenvalue weighted by Crippen LogP contribution is 2.11. The van der Waals surface area contributed by atoms with Gasteiger partial charge in [-0.3, -0.25) is 15.0 Å². The standard InChI is InChI=1S/C12H23N3O3/c1-3-8-15(10-4-6-13-7-5-10)9-11(16)14-12(17)18-2/h10,13H,3-9H2,1-2H3,(H,14,16,17). The molecule has 6 nitrogen and oxygen atoms in total. The van der Waals surface area contributed by atoms with Crippen LogP contribution in [0.15, 0.2) is 0 Å². The number of rotatable bonds is 5. The second-order valence-corrected chi connectivity index (χ2v) is 4.49. The van der Waals surface area contributed by atoms with E-state index in [0.29, 0.717) is 6.04 Å². The molecule has 0 aromatic carbocycles. The number of hydrogen-bond acceptors (Lipinski definition) is 5. The fourth-order valence-electron chi connectivity index (χ4n) is 2.24. The molecule has 0 aromatic heterocycles. The van der Waals surface area contributed by atoms with Gasteiger partial charge in [-0.05, 0) is 38.9 Å². The van der Waals surface area contributed by atoms with Crippen molar-refractivity contribution in [1.82, 2.24) is 15.5 Å². The van der Waals surface area contributed by atoms with E-state index in [9.17, 15) is 9.59 Å². The lowest BCUT2D eigenvalue weighted by Crippen LogP contribution is -2.48. The lowest BCUT2D eigenvalue weighted by molar-refractivity contribution is -0.122. The maximum Gasteiger partial charge on any atom is 0.413 e. The second-order valence-electron chi connectivity index (χ2n) is 4.49. The van der Waals surface area contributed by atoms with E-state index in [1.807, 2.05) is 0 Å². The molecule has 1 aliphatic rings. The van der Waals surface area contributed by atoms with Crippen LogP contribution in [0.3, 0.4) is 0 Å². The van der Waals surface area contributed by atoms with Gasteiger partial charge in [-0.1, -0.05) is 6.92 Å². The van der Waals surface area contributed by atoms with E-state index in [1.165, 1.54) is 7.11 Å². The van der Waals surface area contributed by atoms with Crippen molar-refractivity contribution in [3.63, 3.8) is 0 Å². The van der Waals surface area contributed by atoms with E-state index >= 15 is 0 Å². The molecule has 1 saturated heterocycles. The summed E-state index contributed by atoms with van der Waals surface area (Å²) in [7, 11) is 1.25. The van der Waals surface area contributed by atoms with Gasteiger partial charge >= 0.3 is 6.09 Å². The van der Waals surface area contributed by atoms with Crippen molar-refractivity contribution >= 4 is 12.0 Å². The molecule has 0 spiro atoms. The summed E-state index contributed by atoms with van der Waals surface area (Å²) in [5, 5.41) is 5.51. The van der Waals surface area contributed by atoms with Gasteiger partial charge in [0.1, 0.15) is 0 Å². The van der Waals surface area contributed by atoms with Gasteiger partial charge in [-0.15, -0.1) is 0 Å². The van der Waals surface area contributed by atoms with Crippen molar-refractivity contribution in [2.75, 3.05) is 33.3 Å². The van der Waals surface area contributed by atoms with E-state index < -0.39 is 6.09 Å². The van der Waals surface area contributed by atoms with E-state index in [4.69, 9.17) is 0 Å². The summed E-state index contributed by atoms with van der Waals surface area (Å²) >= 11 is 0. The molecule has 1 heterocycles. The largest absolute Gasteiger partial charge is 0.453 e. The summed E-state index contributed by atoms with van der Waals surface area (Å²) in [6.07, 6.45) is 2.40. The van der Waals surface area contributed by atoms with E-state index in [2.05, 4.69) is 27.2 Å². The maximum absolute atomic E-state index is 11.7. The SMILES string of the molecule is CCCN(CC(=O)NC(=O)OC)C1CCNCC1. The normalized spacial score (nSPS) is 16.6. The quantitative estimate of drug-likeness (QED) is 0.743. The zero-order valence-corrected chi connectivity index (χ0v) is 11.2. The number of carbonyl (C=O) groups is 2. The summed E-state index contributed by atoms with van der Waals surface area (Å²) < 4.78 is 4.41. The Kier molecular flexibility index (Phi) is 6.67. The predicted molar refractivity (Wildman–Crippen MR) is 68.3 cm³/mol. The Balaban J connectivity index is 2.45. The van der Waals surface area contributed by atoms with Crippen LogP contribution >= 0.6 is 0 Å².